The van der Waals surface area contributed by atoms with E-state index in [2.05, 4.69) is 25.7 Å². The van der Waals surface area contributed by atoms with Crippen molar-refractivity contribution < 1.29 is 0 Å². The van der Waals surface area contributed by atoms with Gasteiger partial charge in [0.2, 0.25) is 0 Å². The minimum absolute atomic E-state index is 0.889. The largest absolute Gasteiger partial charge is 0.303 e. The summed E-state index contributed by atoms with van der Waals surface area (Å²) in [5.41, 5.74) is 0. The van der Waals surface area contributed by atoms with Gasteiger partial charge in [0.05, 0.1) is 0 Å². The molecule has 0 unspecified atom stereocenters. The maximum absolute atomic E-state index is 2.57. The molecule has 1 saturated heterocycles. The first-order valence-corrected chi connectivity index (χ1v) is 5.41. The highest BCUT2D eigenvalue weighted by molar-refractivity contribution is 4.75. The molecule has 12 heavy (non-hydrogen) atoms. The number of hydrogen-bond acceptors (Lipinski definition) is 1. The monoisotopic (exact) mass is 169 g/mol. The van der Waals surface area contributed by atoms with Gasteiger partial charge >= 0.3 is 0 Å². The first-order valence-electron chi connectivity index (χ1n) is 5.41. The molecule has 1 heteroatoms. The predicted molar refractivity (Wildman–Crippen MR) is 54.3 cm³/mol. The summed E-state index contributed by atoms with van der Waals surface area (Å²) >= 11 is 0. The average molecular weight is 169 g/mol. The summed E-state index contributed by atoms with van der Waals surface area (Å²) < 4.78 is 0. The number of rotatable bonds is 5. The van der Waals surface area contributed by atoms with Crippen molar-refractivity contribution >= 4 is 0 Å². The van der Waals surface area contributed by atoms with Gasteiger partial charge in [-0.3, -0.25) is 0 Å². The lowest BCUT2D eigenvalue weighted by atomic mass is 10.0. The van der Waals surface area contributed by atoms with E-state index >= 15 is 0 Å². The summed E-state index contributed by atoms with van der Waals surface area (Å²) in [5, 5.41) is 0. The zero-order valence-corrected chi connectivity index (χ0v) is 8.84. The van der Waals surface area contributed by atoms with Crippen molar-refractivity contribution in [2.45, 2.75) is 40.0 Å². The van der Waals surface area contributed by atoms with Gasteiger partial charge in [0.25, 0.3) is 0 Å². The van der Waals surface area contributed by atoms with Crippen molar-refractivity contribution in [2.75, 3.05) is 19.6 Å². The Bertz CT molecular complexity index is 114. The molecule has 0 aliphatic carbocycles. The van der Waals surface area contributed by atoms with Gasteiger partial charge in [-0.1, -0.05) is 33.6 Å². The van der Waals surface area contributed by atoms with Crippen molar-refractivity contribution in [3.8, 4) is 0 Å². The minimum Gasteiger partial charge on any atom is -0.303 e. The molecule has 1 rings (SSSR count). The SMILES string of the molecule is CC(C)CCCCN1CC(C)C1. The van der Waals surface area contributed by atoms with E-state index in [0.717, 1.165) is 11.8 Å². The molecule has 1 heterocycles. The Hall–Kier alpha value is -0.0400. The first kappa shape index (κ1) is 10.0. The summed E-state index contributed by atoms with van der Waals surface area (Å²) in [6.45, 7) is 11.0. The zero-order valence-electron chi connectivity index (χ0n) is 8.84. The van der Waals surface area contributed by atoms with E-state index < -0.39 is 0 Å². The third-order valence-corrected chi connectivity index (χ3v) is 2.65. The summed E-state index contributed by atoms with van der Waals surface area (Å²) in [4.78, 5) is 2.57. The quantitative estimate of drug-likeness (QED) is 0.572. The summed E-state index contributed by atoms with van der Waals surface area (Å²) in [5.74, 6) is 1.86. The summed E-state index contributed by atoms with van der Waals surface area (Å²) in [6.07, 6.45) is 4.23. The van der Waals surface area contributed by atoms with Gasteiger partial charge in [0.15, 0.2) is 0 Å². The maximum atomic E-state index is 2.57. The molecule has 0 spiro atoms. The highest BCUT2D eigenvalue weighted by Gasteiger charge is 2.20. The van der Waals surface area contributed by atoms with Crippen molar-refractivity contribution in [3.63, 3.8) is 0 Å². The fourth-order valence-corrected chi connectivity index (χ4v) is 1.90. The number of likely N-dealkylation sites (tertiary alicyclic amines) is 1. The second-order valence-electron chi connectivity index (χ2n) is 4.75. The van der Waals surface area contributed by atoms with E-state index in [9.17, 15) is 0 Å². The molecule has 0 aromatic heterocycles. The average Bonchev–Trinajstić information content (AvgIpc) is 1.93. The highest BCUT2D eigenvalue weighted by Crippen LogP contribution is 2.15. The van der Waals surface area contributed by atoms with Crippen LogP contribution in [0.5, 0.6) is 0 Å². The predicted octanol–water partition coefficient (Wildman–Crippen LogP) is 2.76. The Morgan fingerprint density at radius 3 is 2.42 bits per heavy atom. The maximum Gasteiger partial charge on any atom is 0.00194 e. The lowest BCUT2D eigenvalue weighted by Crippen LogP contribution is -2.45. The second kappa shape index (κ2) is 4.86. The van der Waals surface area contributed by atoms with E-state index in [-0.39, 0.29) is 0 Å². The number of nitrogens with zero attached hydrogens (tertiary/aromatic N) is 1. The van der Waals surface area contributed by atoms with Crippen LogP contribution in [0.25, 0.3) is 0 Å². The van der Waals surface area contributed by atoms with Crippen LogP contribution in [0.1, 0.15) is 40.0 Å². The summed E-state index contributed by atoms with van der Waals surface area (Å²) in [6, 6.07) is 0. The van der Waals surface area contributed by atoms with Crippen molar-refractivity contribution in [1.82, 2.24) is 4.90 Å². The van der Waals surface area contributed by atoms with Crippen LogP contribution in [0.4, 0.5) is 0 Å². The molecule has 0 atom stereocenters. The van der Waals surface area contributed by atoms with E-state index in [0.29, 0.717) is 0 Å². The molecule has 0 N–H and O–H groups in total. The second-order valence-corrected chi connectivity index (χ2v) is 4.75. The van der Waals surface area contributed by atoms with Crippen LogP contribution in [-0.4, -0.2) is 24.5 Å². The van der Waals surface area contributed by atoms with Gasteiger partial charge in [-0.05, 0) is 24.8 Å². The summed E-state index contributed by atoms with van der Waals surface area (Å²) in [7, 11) is 0. The Balaban J connectivity index is 1.83. The molecule has 72 valence electrons. The third-order valence-electron chi connectivity index (χ3n) is 2.65. The number of hydrogen-bond donors (Lipinski definition) is 0. The van der Waals surface area contributed by atoms with Gasteiger partial charge in [-0.25, -0.2) is 0 Å². The van der Waals surface area contributed by atoms with E-state index in [1.807, 2.05) is 0 Å². The molecule has 0 aromatic rings. The first-order chi connectivity index (χ1) is 5.68. The molecule has 1 aliphatic rings. The lowest BCUT2D eigenvalue weighted by molar-refractivity contribution is 0.110. The van der Waals surface area contributed by atoms with Crippen LogP contribution in [0.15, 0.2) is 0 Å². The molecule has 0 radical (unpaired) electrons. The van der Waals surface area contributed by atoms with E-state index in [4.69, 9.17) is 0 Å². The highest BCUT2D eigenvalue weighted by atomic mass is 15.2. The lowest BCUT2D eigenvalue weighted by Gasteiger charge is -2.37. The minimum atomic E-state index is 0.889. The van der Waals surface area contributed by atoms with Crippen LogP contribution in [0.3, 0.4) is 0 Å². The van der Waals surface area contributed by atoms with Crippen LogP contribution < -0.4 is 0 Å². The normalized spacial score (nSPS) is 20.0. The molecule has 1 fully saturated rings. The van der Waals surface area contributed by atoms with E-state index in [1.165, 1.54) is 38.9 Å². The standard InChI is InChI=1S/C11H23N/c1-10(2)6-4-5-7-12-8-11(3)9-12/h10-11H,4-9H2,1-3H3. The molecule has 0 aromatic carbocycles. The van der Waals surface area contributed by atoms with Crippen LogP contribution in [-0.2, 0) is 0 Å². The molecule has 0 saturated carbocycles. The van der Waals surface area contributed by atoms with Gasteiger partial charge in [-0.15, -0.1) is 0 Å². The van der Waals surface area contributed by atoms with E-state index in [1.54, 1.807) is 0 Å². The molecular formula is C11H23N. The van der Waals surface area contributed by atoms with Crippen molar-refractivity contribution in [1.29, 1.82) is 0 Å². The van der Waals surface area contributed by atoms with Crippen molar-refractivity contribution in [2.24, 2.45) is 11.8 Å². The Kier molecular flexibility index (Phi) is 4.07. The Labute approximate surface area is 77.1 Å². The molecule has 1 aliphatic heterocycles. The number of unbranched alkanes of at least 4 members (excludes halogenated alkanes) is 1. The zero-order chi connectivity index (χ0) is 8.97. The molecule has 0 amide bonds. The van der Waals surface area contributed by atoms with Gasteiger partial charge < -0.3 is 4.90 Å². The fourth-order valence-electron chi connectivity index (χ4n) is 1.90. The fraction of sp³-hybridized carbons (Fsp3) is 1.00. The molecular weight excluding hydrogens is 146 g/mol. The topological polar surface area (TPSA) is 3.24 Å². The van der Waals surface area contributed by atoms with Gasteiger partial charge in [0.1, 0.15) is 0 Å². The van der Waals surface area contributed by atoms with Crippen molar-refractivity contribution in [3.05, 3.63) is 0 Å². The third kappa shape index (κ3) is 3.57. The molecule has 1 nitrogen and oxygen atoms in total. The van der Waals surface area contributed by atoms with Gasteiger partial charge in [-0.2, -0.15) is 0 Å². The van der Waals surface area contributed by atoms with Gasteiger partial charge in [0, 0.05) is 13.1 Å². The Morgan fingerprint density at radius 2 is 1.92 bits per heavy atom. The van der Waals surface area contributed by atoms with Crippen LogP contribution in [0.2, 0.25) is 0 Å². The van der Waals surface area contributed by atoms with Crippen LogP contribution >= 0.6 is 0 Å². The smallest absolute Gasteiger partial charge is 0.00194 e. The Morgan fingerprint density at radius 1 is 1.25 bits per heavy atom. The van der Waals surface area contributed by atoms with Crippen LogP contribution in [0, 0.1) is 11.8 Å². The molecule has 0 bridgehead atoms.